The van der Waals surface area contributed by atoms with Crippen molar-refractivity contribution in [2.45, 2.75) is 20.4 Å². The number of amides is 1. The second-order valence-electron chi connectivity index (χ2n) is 7.22. The second kappa shape index (κ2) is 7.44. The van der Waals surface area contributed by atoms with Gasteiger partial charge in [-0.1, -0.05) is 17.7 Å². The molecule has 0 bridgehead atoms. The molecule has 1 saturated heterocycles. The molecular weight excluding hydrogens is 397 g/mol. The number of carbonyl (C=O) groups excluding carboxylic acids is 1. The third kappa shape index (κ3) is 3.67. The summed E-state index contributed by atoms with van der Waals surface area (Å²) in [6, 6.07) is 9.18. The van der Waals surface area contributed by atoms with Gasteiger partial charge in [-0.25, -0.2) is 13.8 Å². The Bertz CT molecular complexity index is 1130. The smallest absolute Gasteiger partial charge is 0.266 e. The van der Waals surface area contributed by atoms with Gasteiger partial charge >= 0.3 is 0 Å². The Labute approximate surface area is 171 Å². The van der Waals surface area contributed by atoms with Gasteiger partial charge in [0.2, 0.25) is 0 Å². The van der Waals surface area contributed by atoms with Gasteiger partial charge in [0, 0.05) is 30.8 Å². The maximum absolute atomic E-state index is 14.0. The number of likely N-dealkylation sites (tertiary alicyclic amines) is 1. The van der Waals surface area contributed by atoms with Gasteiger partial charge < -0.3 is 4.90 Å². The number of rotatable bonds is 4. The fraction of sp³-hybridized carbons (Fsp3) is 0.300. The molecule has 0 saturated carbocycles. The van der Waals surface area contributed by atoms with E-state index in [1.807, 2.05) is 19.9 Å². The molecule has 1 aliphatic heterocycles. The van der Waals surface area contributed by atoms with Gasteiger partial charge in [-0.05, 0) is 38.1 Å². The predicted molar refractivity (Wildman–Crippen MR) is 106 cm³/mol. The van der Waals surface area contributed by atoms with E-state index in [4.69, 9.17) is 11.6 Å². The maximum atomic E-state index is 14.0. The van der Waals surface area contributed by atoms with Gasteiger partial charge in [-0.2, -0.15) is 5.10 Å². The summed E-state index contributed by atoms with van der Waals surface area (Å²) >= 11 is 5.98. The van der Waals surface area contributed by atoms with Gasteiger partial charge in [-0.15, -0.1) is 5.10 Å². The zero-order valence-corrected chi connectivity index (χ0v) is 16.7. The van der Waals surface area contributed by atoms with Gasteiger partial charge in [0.05, 0.1) is 22.8 Å². The summed E-state index contributed by atoms with van der Waals surface area (Å²) in [7, 11) is 0. The van der Waals surface area contributed by atoms with E-state index < -0.39 is 11.7 Å². The van der Waals surface area contributed by atoms with Crippen LogP contribution in [0.2, 0.25) is 5.02 Å². The number of carbonyl (C=O) groups is 1. The van der Waals surface area contributed by atoms with E-state index in [1.165, 1.54) is 33.8 Å². The van der Waals surface area contributed by atoms with Crippen LogP contribution in [-0.2, 0) is 6.54 Å². The van der Waals surface area contributed by atoms with Crippen molar-refractivity contribution in [3.63, 3.8) is 0 Å². The van der Waals surface area contributed by atoms with Crippen LogP contribution in [0, 0.1) is 25.6 Å². The molecule has 1 amide bonds. The molecular formula is C20H19ClFN5O2. The first kappa shape index (κ1) is 19.3. The standard InChI is InChI=1S/C20H19ClFN5O2/c1-12-8-13(2)27(23-12)17-6-7-18(28)26(24-17)11-14-9-25(10-14)20(29)19-15(21)4-3-5-16(19)22/h3-8,14H,9-11H2,1-2H3. The van der Waals surface area contributed by atoms with Crippen LogP contribution in [-0.4, -0.2) is 43.5 Å². The molecule has 0 radical (unpaired) electrons. The van der Waals surface area contributed by atoms with Crippen molar-refractivity contribution < 1.29 is 9.18 Å². The van der Waals surface area contributed by atoms with Gasteiger partial charge in [-0.3, -0.25) is 9.59 Å². The molecule has 0 atom stereocenters. The van der Waals surface area contributed by atoms with Crippen LogP contribution in [0.15, 0.2) is 41.2 Å². The first-order valence-electron chi connectivity index (χ1n) is 9.18. The number of halogens is 2. The van der Waals surface area contributed by atoms with Crippen LogP contribution in [0.25, 0.3) is 5.82 Å². The zero-order valence-electron chi connectivity index (χ0n) is 16.0. The SMILES string of the molecule is Cc1cc(C)n(-c2ccc(=O)n(CC3CN(C(=O)c4c(F)cccc4Cl)C3)n2)n1. The molecule has 150 valence electrons. The number of hydrogen-bond donors (Lipinski definition) is 0. The highest BCUT2D eigenvalue weighted by molar-refractivity contribution is 6.33. The molecule has 0 spiro atoms. The van der Waals surface area contributed by atoms with Crippen molar-refractivity contribution >= 4 is 17.5 Å². The molecule has 0 N–H and O–H groups in total. The van der Waals surface area contributed by atoms with Crippen LogP contribution in [0.5, 0.6) is 0 Å². The molecule has 4 rings (SSSR count). The fourth-order valence-corrected chi connectivity index (χ4v) is 3.74. The summed E-state index contributed by atoms with van der Waals surface area (Å²) < 4.78 is 17.0. The Morgan fingerprint density at radius 3 is 2.62 bits per heavy atom. The minimum atomic E-state index is -0.638. The lowest BCUT2D eigenvalue weighted by Crippen LogP contribution is -2.52. The van der Waals surface area contributed by atoms with Crippen molar-refractivity contribution in [3.8, 4) is 5.82 Å². The summed E-state index contributed by atoms with van der Waals surface area (Å²) in [5.74, 6) is -0.478. The summed E-state index contributed by atoms with van der Waals surface area (Å²) in [5, 5.41) is 8.89. The quantitative estimate of drug-likeness (QED) is 0.656. The van der Waals surface area contributed by atoms with Crippen molar-refractivity contribution in [2.75, 3.05) is 13.1 Å². The molecule has 29 heavy (non-hydrogen) atoms. The third-order valence-corrected chi connectivity index (χ3v) is 5.25. The minimum Gasteiger partial charge on any atom is -0.338 e. The summed E-state index contributed by atoms with van der Waals surface area (Å²) in [6.45, 7) is 4.98. The normalized spacial score (nSPS) is 14.1. The third-order valence-electron chi connectivity index (χ3n) is 4.93. The van der Waals surface area contributed by atoms with Crippen molar-refractivity contribution in [3.05, 3.63) is 74.5 Å². The Hall–Kier alpha value is -3.00. The van der Waals surface area contributed by atoms with Gasteiger partial charge in [0.1, 0.15) is 5.82 Å². The molecule has 9 heteroatoms. The van der Waals surface area contributed by atoms with E-state index in [0.29, 0.717) is 25.5 Å². The zero-order chi connectivity index (χ0) is 20.7. The highest BCUT2D eigenvalue weighted by atomic mass is 35.5. The van der Waals surface area contributed by atoms with E-state index in [-0.39, 0.29) is 22.1 Å². The number of benzene rings is 1. The Kier molecular flexibility index (Phi) is 4.96. The minimum absolute atomic E-state index is 0.0467. The molecule has 3 aromatic rings. The number of aromatic nitrogens is 4. The van der Waals surface area contributed by atoms with Crippen LogP contribution >= 0.6 is 11.6 Å². The molecule has 7 nitrogen and oxygen atoms in total. The van der Waals surface area contributed by atoms with E-state index in [1.54, 1.807) is 10.7 Å². The van der Waals surface area contributed by atoms with Gasteiger partial charge in [0.15, 0.2) is 5.82 Å². The van der Waals surface area contributed by atoms with Crippen LogP contribution in [0.3, 0.4) is 0 Å². The van der Waals surface area contributed by atoms with Crippen molar-refractivity contribution in [2.24, 2.45) is 5.92 Å². The largest absolute Gasteiger partial charge is 0.338 e. The maximum Gasteiger partial charge on any atom is 0.266 e. The summed E-state index contributed by atoms with van der Waals surface area (Å²) in [5.41, 5.74) is 1.44. The Morgan fingerprint density at radius 1 is 1.21 bits per heavy atom. The first-order chi connectivity index (χ1) is 13.8. The molecule has 0 unspecified atom stereocenters. The van der Waals surface area contributed by atoms with E-state index in [9.17, 15) is 14.0 Å². The highest BCUT2D eigenvalue weighted by Crippen LogP contribution is 2.25. The molecule has 0 aliphatic carbocycles. The Balaban J connectivity index is 1.47. The second-order valence-corrected chi connectivity index (χ2v) is 7.63. The van der Waals surface area contributed by atoms with Crippen molar-refractivity contribution in [1.29, 1.82) is 0 Å². The number of nitrogens with zero attached hydrogens (tertiary/aromatic N) is 5. The van der Waals surface area contributed by atoms with Crippen LogP contribution in [0.4, 0.5) is 4.39 Å². The first-order valence-corrected chi connectivity index (χ1v) is 9.56. The number of hydrogen-bond acceptors (Lipinski definition) is 4. The van der Waals surface area contributed by atoms with E-state index in [0.717, 1.165) is 11.4 Å². The molecule has 1 fully saturated rings. The lowest BCUT2D eigenvalue weighted by Gasteiger charge is -2.39. The lowest BCUT2D eigenvalue weighted by molar-refractivity contribution is 0.0454. The van der Waals surface area contributed by atoms with Crippen molar-refractivity contribution in [1.82, 2.24) is 24.5 Å². The monoisotopic (exact) mass is 415 g/mol. The van der Waals surface area contributed by atoms with E-state index in [2.05, 4.69) is 10.2 Å². The topological polar surface area (TPSA) is 73.0 Å². The van der Waals surface area contributed by atoms with Crippen LogP contribution in [0.1, 0.15) is 21.7 Å². The van der Waals surface area contributed by atoms with Crippen LogP contribution < -0.4 is 5.56 Å². The molecule has 1 aliphatic rings. The summed E-state index contributed by atoms with van der Waals surface area (Å²) in [4.78, 5) is 26.3. The molecule has 2 aromatic heterocycles. The average Bonchev–Trinajstić information content (AvgIpc) is 2.97. The fourth-order valence-electron chi connectivity index (χ4n) is 3.50. The van der Waals surface area contributed by atoms with E-state index >= 15 is 0 Å². The summed E-state index contributed by atoms with van der Waals surface area (Å²) in [6.07, 6.45) is 0. The van der Waals surface area contributed by atoms with Gasteiger partial charge in [0.25, 0.3) is 11.5 Å². The molecule has 3 heterocycles. The average molecular weight is 416 g/mol. The number of aryl methyl sites for hydroxylation is 2. The predicted octanol–water partition coefficient (Wildman–Crippen LogP) is 2.61. The Morgan fingerprint density at radius 2 is 1.97 bits per heavy atom. The molecule has 1 aromatic carbocycles. The highest BCUT2D eigenvalue weighted by Gasteiger charge is 2.34. The lowest BCUT2D eigenvalue weighted by atomic mass is 9.98.